The first kappa shape index (κ1) is 20.6. The van der Waals surface area contributed by atoms with E-state index in [1.165, 1.54) is 22.9 Å². The van der Waals surface area contributed by atoms with Crippen LogP contribution in [-0.2, 0) is 9.73 Å². The Labute approximate surface area is 174 Å². The second-order valence-electron chi connectivity index (χ2n) is 7.83. The number of fused-ring (bicyclic) bond motifs is 1. The van der Waals surface area contributed by atoms with Gasteiger partial charge in [-0.15, -0.1) is 0 Å². The van der Waals surface area contributed by atoms with E-state index in [1.807, 2.05) is 12.1 Å². The highest BCUT2D eigenvalue weighted by molar-refractivity contribution is 7.91. The predicted octanol–water partition coefficient (Wildman–Crippen LogP) is 4.01. The van der Waals surface area contributed by atoms with Gasteiger partial charge >= 0.3 is 0 Å². The summed E-state index contributed by atoms with van der Waals surface area (Å²) in [6.45, 7) is 1.67. The predicted molar refractivity (Wildman–Crippen MR) is 112 cm³/mol. The molecule has 0 saturated carbocycles. The summed E-state index contributed by atoms with van der Waals surface area (Å²) in [4.78, 5) is 11.0. The molecule has 3 aromatic rings. The number of halogens is 2. The van der Waals surface area contributed by atoms with Crippen LogP contribution in [0, 0.1) is 10.7 Å². The number of alkyl halides is 2. The Morgan fingerprint density at radius 1 is 1.30 bits per heavy atom. The van der Waals surface area contributed by atoms with Crippen molar-refractivity contribution in [2.45, 2.75) is 25.7 Å². The van der Waals surface area contributed by atoms with Gasteiger partial charge in [-0.25, -0.2) is 23.3 Å². The minimum absolute atomic E-state index is 0.295. The lowest BCUT2D eigenvalue weighted by atomic mass is 9.95. The van der Waals surface area contributed by atoms with Gasteiger partial charge in [0.15, 0.2) is 5.65 Å². The standard InChI is InChI=1S/C20H24F2N6OS/c1-30(23,29)10-7-14-3-2-9-27(13-14)19-11-15(6-8-24-19)17-12-25-18-5-4-16(20(21)22)26-28(17)18/h4-6,8,11-12,14,20,23H,2-3,7,9-10,13H2,1H3. The van der Waals surface area contributed by atoms with Crippen LogP contribution in [-0.4, -0.2) is 48.9 Å². The molecule has 1 fully saturated rings. The number of pyridine rings is 1. The molecule has 0 radical (unpaired) electrons. The van der Waals surface area contributed by atoms with Crippen LogP contribution in [0.15, 0.2) is 36.7 Å². The number of nitrogens with zero attached hydrogens (tertiary/aromatic N) is 5. The van der Waals surface area contributed by atoms with Crippen LogP contribution in [0.3, 0.4) is 0 Å². The molecule has 1 N–H and O–H groups in total. The van der Waals surface area contributed by atoms with Crippen molar-refractivity contribution in [1.82, 2.24) is 19.6 Å². The number of piperidine rings is 1. The van der Waals surface area contributed by atoms with E-state index in [4.69, 9.17) is 4.78 Å². The molecule has 3 aromatic heterocycles. The highest BCUT2D eigenvalue weighted by Gasteiger charge is 2.22. The van der Waals surface area contributed by atoms with E-state index in [1.54, 1.807) is 12.4 Å². The Morgan fingerprint density at radius 3 is 2.90 bits per heavy atom. The van der Waals surface area contributed by atoms with Crippen LogP contribution in [0.4, 0.5) is 14.6 Å². The molecule has 1 aliphatic heterocycles. The monoisotopic (exact) mass is 434 g/mol. The number of hydrogen-bond acceptors (Lipinski definition) is 6. The molecule has 7 nitrogen and oxygen atoms in total. The third-order valence-electron chi connectivity index (χ3n) is 5.41. The second kappa shape index (κ2) is 8.25. The van der Waals surface area contributed by atoms with Crippen LogP contribution in [0.2, 0.25) is 0 Å². The van der Waals surface area contributed by atoms with E-state index in [0.29, 0.717) is 23.0 Å². The van der Waals surface area contributed by atoms with Gasteiger partial charge < -0.3 is 4.90 Å². The topological polar surface area (TPSA) is 87.2 Å². The molecule has 30 heavy (non-hydrogen) atoms. The first-order chi connectivity index (χ1) is 14.3. The van der Waals surface area contributed by atoms with Gasteiger partial charge in [0.1, 0.15) is 11.5 Å². The molecular weight excluding hydrogens is 410 g/mol. The molecule has 10 heteroatoms. The van der Waals surface area contributed by atoms with Gasteiger partial charge in [-0.3, -0.25) is 8.99 Å². The van der Waals surface area contributed by atoms with Crippen LogP contribution >= 0.6 is 0 Å². The lowest BCUT2D eigenvalue weighted by Crippen LogP contribution is -2.36. The minimum atomic E-state index is -2.65. The average Bonchev–Trinajstić information content (AvgIpc) is 3.15. The van der Waals surface area contributed by atoms with E-state index < -0.39 is 16.2 Å². The highest BCUT2D eigenvalue weighted by Crippen LogP contribution is 2.28. The zero-order valence-corrected chi connectivity index (χ0v) is 17.5. The maximum absolute atomic E-state index is 13.1. The largest absolute Gasteiger partial charge is 0.356 e. The van der Waals surface area contributed by atoms with Crippen molar-refractivity contribution in [2.24, 2.45) is 5.92 Å². The maximum atomic E-state index is 13.1. The number of rotatable bonds is 6. The molecule has 2 unspecified atom stereocenters. The lowest BCUT2D eigenvalue weighted by Gasteiger charge is -2.33. The number of aromatic nitrogens is 4. The van der Waals surface area contributed by atoms with Crippen LogP contribution in [0.25, 0.3) is 16.9 Å². The summed E-state index contributed by atoms with van der Waals surface area (Å²) >= 11 is 0. The Kier molecular flexibility index (Phi) is 5.68. The first-order valence-electron chi connectivity index (χ1n) is 9.86. The van der Waals surface area contributed by atoms with E-state index >= 15 is 0 Å². The van der Waals surface area contributed by atoms with Gasteiger partial charge in [0.05, 0.1) is 11.9 Å². The van der Waals surface area contributed by atoms with Crippen LogP contribution < -0.4 is 4.90 Å². The quantitative estimate of drug-likeness (QED) is 0.633. The first-order valence-corrected chi connectivity index (χ1v) is 12.0. The molecule has 4 rings (SSSR count). The molecular formula is C20H24F2N6OS. The SMILES string of the molecule is CS(=N)(=O)CCC1CCCN(c2cc(-c3cnc4ccc(C(F)F)nn34)ccn2)C1. The van der Waals surface area contributed by atoms with Gasteiger partial charge in [0.25, 0.3) is 6.43 Å². The number of imidazole rings is 1. The molecule has 4 heterocycles. The van der Waals surface area contributed by atoms with Crippen molar-refractivity contribution in [1.29, 1.82) is 4.78 Å². The third kappa shape index (κ3) is 4.58. The fraction of sp³-hybridized carbons (Fsp3) is 0.450. The fourth-order valence-electron chi connectivity index (χ4n) is 3.85. The summed E-state index contributed by atoms with van der Waals surface area (Å²) in [6, 6.07) is 6.56. The molecule has 0 spiro atoms. The number of hydrogen-bond donors (Lipinski definition) is 1. The van der Waals surface area contributed by atoms with Gasteiger partial charge in [-0.2, -0.15) is 5.10 Å². The normalized spacial score (nSPS) is 19.3. The maximum Gasteiger partial charge on any atom is 0.282 e. The Bertz CT molecular complexity index is 1150. The third-order valence-corrected chi connectivity index (χ3v) is 6.42. The Hall–Kier alpha value is -2.62. The molecule has 0 aliphatic carbocycles. The van der Waals surface area contributed by atoms with Crippen molar-refractivity contribution in [3.63, 3.8) is 0 Å². The van der Waals surface area contributed by atoms with Gasteiger partial charge in [-0.05, 0) is 49.4 Å². The molecule has 1 aliphatic rings. The van der Waals surface area contributed by atoms with E-state index in [2.05, 4.69) is 20.0 Å². The van der Waals surface area contributed by atoms with E-state index in [-0.39, 0.29) is 5.69 Å². The zero-order chi connectivity index (χ0) is 21.3. The lowest BCUT2D eigenvalue weighted by molar-refractivity contribution is 0.144. The minimum Gasteiger partial charge on any atom is -0.356 e. The second-order valence-corrected chi connectivity index (χ2v) is 10.2. The smallest absolute Gasteiger partial charge is 0.282 e. The Balaban J connectivity index is 1.59. The van der Waals surface area contributed by atoms with Crippen molar-refractivity contribution in [3.8, 4) is 11.3 Å². The average molecular weight is 435 g/mol. The fourth-order valence-corrected chi connectivity index (χ4v) is 4.63. The molecule has 160 valence electrons. The molecule has 1 saturated heterocycles. The summed E-state index contributed by atoms with van der Waals surface area (Å²) in [5, 5.41) is 4.04. The van der Waals surface area contributed by atoms with Crippen molar-refractivity contribution in [2.75, 3.05) is 30.0 Å². The molecule has 0 amide bonds. The van der Waals surface area contributed by atoms with Gasteiger partial charge in [0.2, 0.25) is 0 Å². The summed E-state index contributed by atoms with van der Waals surface area (Å²) in [7, 11) is -2.48. The highest BCUT2D eigenvalue weighted by atomic mass is 32.2. The molecule has 2 atom stereocenters. The zero-order valence-electron chi connectivity index (χ0n) is 16.7. The van der Waals surface area contributed by atoms with Crippen LogP contribution in [0.1, 0.15) is 31.4 Å². The summed E-state index contributed by atoms with van der Waals surface area (Å²) in [6.07, 6.45) is 5.00. The Morgan fingerprint density at radius 2 is 2.13 bits per heavy atom. The number of nitrogens with one attached hydrogen (secondary N) is 1. The van der Waals surface area contributed by atoms with Crippen molar-refractivity contribution >= 4 is 21.2 Å². The van der Waals surface area contributed by atoms with Crippen molar-refractivity contribution in [3.05, 3.63) is 42.4 Å². The molecule has 0 aromatic carbocycles. The summed E-state index contributed by atoms with van der Waals surface area (Å²) in [5.41, 5.74) is 1.64. The van der Waals surface area contributed by atoms with Gasteiger partial charge in [-0.1, -0.05) is 0 Å². The summed E-state index contributed by atoms with van der Waals surface area (Å²) < 4.78 is 46.9. The van der Waals surface area contributed by atoms with Gasteiger partial charge in [0, 0.05) is 46.6 Å². The molecule has 0 bridgehead atoms. The van der Waals surface area contributed by atoms with E-state index in [0.717, 1.165) is 43.7 Å². The van der Waals surface area contributed by atoms with Crippen LogP contribution in [0.5, 0.6) is 0 Å². The van der Waals surface area contributed by atoms with Crippen molar-refractivity contribution < 1.29 is 13.0 Å². The number of anilines is 1. The summed E-state index contributed by atoms with van der Waals surface area (Å²) in [5.74, 6) is 1.60. The van der Waals surface area contributed by atoms with E-state index in [9.17, 15) is 13.0 Å².